The van der Waals surface area contributed by atoms with Gasteiger partial charge in [0.2, 0.25) is 0 Å². The second kappa shape index (κ2) is 10.4. The maximum atomic E-state index is 12.6. The van der Waals surface area contributed by atoms with Gasteiger partial charge in [-0.15, -0.1) is 0 Å². The van der Waals surface area contributed by atoms with Gasteiger partial charge in [0.1, 0.15) is 0 Å². The first kappa shape index (κ1) is 20.5. The molecular weight excluding hydrogens is 342 g/mol. The van der Waals surface area contributed by atoms with E-state index in [1.165, 1.54) is 12.4 Å². The summed E-state index contributed by atoms with van der Waals surface area (Å²) in [7, 11) is 5.73. The molecule has 0 spiro atoms. The molecule has 0 aromatic carbocycles. The maximum absolute atomic E-state index is 12.6. The first-order chi connectivity index (χ1) is 13.0. The van der Waals surface area contributed by atoms with Gasteiger partial charge in [-0.05, 0) is 57.2 Å². The highest BCUT2D eigenvalue weighted by atomic mass is 16.2. The second-order valence-corrected chi connectivity index (χ2v) is 6.71. The van der Waals surface area contributed by atoms with E-state index in [-0.39, 0.29) is 11.8 Å². The number of nitrogens with zero attached hydrogens (tertiary/aromatic N) is 4. The van der Waals surface area contributed by atoms with Gasteiger partial charge in [0, 0.05) is 44.9 Å². The van der Waals surface area contributed by atoms with Crippen molar-refractivity contribution in [3.8, 4) is 0 Å². The first-order valence-electron chi connectivity index (χ1n) is 8.99. The molecule has 7 nitrogen and oxygen atoms in total. The van der Waals surface area contributed by atoms with Gasteiger partial charge < -0.3 is 15.1 Å². The zero-order valence-corrected chi connectivity index (χ0v) is 16.2. The Bertz CT molecular complexity index is 749. The maximum Gasteiger partial charge on any atom is 0.255 e. The third-order valence-electron chi connectivity index (χ3n) is 4.15. The van der Waals surface area contributed by atoms with Gasteiger partial charge in [0.25, 0.3) is 11.8 Å². The van der Waals surface area contributed by atoms with Crippen LogP contribution in [-0.2, 0) is 6.42 Å². The van der Waals surface area contributed by atoms with Crippen LogP contribution in [0.15, 0.2) is 43.0 Å². The molecule has 2 aromatic rings. The van der Waals surface area contributed by atoms with Gasteiger partial charge in [-0.3, -0.25) is 19.6 Å². The summed E-state index contributed by atoms with van der Waals surface area (Å²) in [6, 6.07) is 5.46. The molecule has 0 bridgehead atoms. The molecule has 0 aliphatic heterocycles. The molecule has 0 aliphatic rings. The van der Waals surface area contributed by atoms with Crippen molar-refractivity contribution >= 4 is 11.8 Å². The van der Waals surface area contributed by atoms with E-state index in [2.05, 4.69) is 20.2 Å². The molecule has 7 heteroatoms. The molecule has 2 heterocycles. The Morgan fingerprint density at radius 3 is 2.41 bits per heavy atom. The zero-order valence-electron chi connectivity index (χ0n) is 16.2. The number of likely N-dealkylation sites (N-methyl/N-ethyl adjacent to an activating group) is 1. The lowest BCUT2D eigenvalue weighted by Gasteiger charge is -2.17. The number of carbonyl (C=O) groups excluding carboxylic acids is 2. The Morgan fingerprint density at radius 1 is 1.00 bits per heavy atom. The SMILES string of the molecule is CN(C)CCCNC(=O)c1cncc(C(=O)N(C)CCc2ccncc2)c1. The summed E-state index contributed by atoms with van der Waals surface area (Å²) in [5.41, 5.74) is 1.93. The van der Waals surface area contributed by atoms with Crippen LogP contribution in [0.1, 0.15) is 32.7 Å². The molecule has 0 saturated heterocycles. The van der Waals surface area contributed by atoms with E-state index in [1.54, 1.807) is 30.4 Å². The lowest BCUT2D eigenvalue weighted by Crippen LogP contribution is -2.30. The molecule has 144 valence electrons. The first-order valence-corrected chi connectivity index (χ1v) is 8.99. The molecule has 2 rings (SSSR count). The van der Waals surface area contributed by atoms with Crippen molar-refractivity contribution in [3.63, 3.8) is 0 Å². The molecule has 0 aliphatic carbocycles. The number of carbonyl (C=O) groups is 2. The van der Waals surface area contributed by atoms with E-state index < -0.39 is 0 Å². The fourth-order valence-corrected chi connectivity index (χ4v) is 2.55. The van der Waals surface area contributed by atoms with Gasteiger partial charge in [-0.2, -0.15) is 0 Å². The molecule has 27 heavy (non-hydrogen) atoms. The number of amides is 2. The monoisotopic (exact) mass is 369 g/mol. The van der Waals surface area contributed by atoms with Crippen molar-refractivity contribution in [2.45, 2.75) is 12.8 Å². The van der Waals surface area contributed by atoms with Gasteiger partial charge in [0.15, 0.2) is 0 Å². The summed E-state index contributed by atoms with van der Waals surface area (Å²) in [5.74, 6) is -0.367. The van der Waals surface area contributed by atoms with Crippen LogP contribution >= 0.6 is 0 Å². The van der Waals surface area contributed by atoms with Crippen LogP contribution in [0.3, 0.4) is 0 Å². The minimum absolute atomic E-state index is 0.154. The van der Waals surface area contributed by atoms with Crippen molar-refractivity contribution < 1.29 is 9.59 Å². The van der Waals surface area contributed by atoms with E-state index in [0.717, 1.165) is 24.9 Å². The lowest BCUT2D eigenvalue weighted by atomic mass is 10.1. The van der Waals surface area contributed by atoms with Crippen molar-refractivity contribution in [1.29, 1.82) is 0 Å². The molecule has 0 radical (unpaired) electrons. The van der Waals surface area contributed by atoms with E-state index in [4.69, 9.17) is 0 Å². The smallest absolute Gasteiger partial charge is 0.255 e. The zero-order chi connectivity index (χ0) is 19.6. The number of rotatable bonds is 9. The number of aromatic nitrogens is 2. The topological polar surface area (TPSA) is 78.4 Å². The minimum Gasteiger partial charge on any atom is -0.352 e. The van der Waals surface area contributed by atoms with Crippen LogP contribution in [0.5, 0.6) is 0 Å². The highest BCUT2D eigenvalue weighted by Crippen LogP contribution is 2.07. The number of hydrogen-bond donors (Lipinski definition) is 1. The highest BCUT2D eigenvalue weighted by molar-refractivity contribution is 5.99. The standard InChI is InChI=1S/C20H27N5O2/c1-24(2)11-4-8-23-19(26)17-13-18(15-22-14-17)20(27)25(3)12-7-16-5-9-21-10-6-16/h5-6,9-10,13-15H,4,7-8,11-12H2,1-3H3,(H,23,26). The predicted molar refractivity (Wildman–Crippen MR) is 105 cm³/mol. The van der Waals surface area contributed by atoms with E-state index >= 15 is 0 Å². The highest BCUT2D eigenvalue weighted by Gasteiger charge is 2.15. The molecule has 0 saturated carbocycles. The van der Waals surface area contributed by atoms with Gasteiger partial charge in [-0.1, -0.05) is 0 Å². The Balaban J connectivity index is 1.90. The minimum atomic E-state index is -0.213. The third-order valence-corrected chi connectivity index (χ3v) is 4.15. The summed E-state index contributed by atoms with van der Waals surface area (Å²) in [5, 5.41) is 2.86. The molecular formula is C20H27N5O2. The average molecular weight is 369 g/mol. The molecule has 0 unspecified atom stereocenters. The normalized spacial score (nSPS) is 10.7. The lowest BCUT2D eigenvalue weighted by molar-refractivity contribution is 0.0796. The number of hydrogen-bond acceptors (Lipinski definition) is 5. The molecule has 0 atom stereocenters. The van der Waals surface area contributed by atoms with Crippen LogP contribution in [0, 0.1) is 0 Å². The van der Waals surface area contributed by atoms with Crippen LogP contribution in [0.2, 0.25) is 0 Å². The molecule has 2 amide bonds. The fraction of sp³-hybridized carbons (Fsp3) is 0.400. The number of nitrogens with one attached hydrogen (secondary N) is 1. The molecule has 0 fully saturated rings. The molecule has 1 N–H and O–H groups in total. The summed E-state index contributed by atoms with van der Waals surface area (Å²) in [6.07, 6.45) is 8.05. The van der Waals surface area contributed by atoms with Crippen LogP contribution in [0.25, 0.3) is 0 Å². The number of pyridine rings is 2. The molecule has 2 aromatic heterocycles. The summed E-state index contributed by atoms with van der Waals surface area (Å²) < 4.78 is 0. The Hall–Kier alpha value is -2.80. The van der Waals surface area contributed by atoms with Gasteiger partial charge in [-0.25, -0.2) is 0 Å². The Labute approximate surface area is 160 Å². The average Bonchev–Trinajstić information content (AvgIpc) is 2.69. The van der Waals surface area contributed by atoms with Crippen LogP contribution in [-0.4, -0.2) is 72.4 Å². The van der Waals surface area contributed by atoms with Crippen molar-refractivity contribution in [2.24, 2.45) is 0 Å². The van der Waals surface area contributed by atoms with E-state index in [0.29, 0.717) is 24.2 Å². The van der Waals surface area contributed by atoms with Crippen LogP contribution < -0.4 is 5.32 Å². The van der Waals surface area contributed by atoms with Gasteiger partial charge >= 0.3 is 0 Å². The second-order valence-electron chi connectivity index (χ2n) is 6.71. The largest absolute Gasteiger partial charge is 0.352 e. The van der Waals surface area contributed by atoms with Crippen molar-refractivity contribution in [1.82, 2.24) is 25.1 Å². The fourth-order valence-electron chi connectivity index (χ4n) is 2.55. The van der Waals surface area contributed by atoms with Crippen molar-refractivity contribution in [2.75, 3.05) is 40.8 Å². The Morgan fingerprint density at radius 2 is 1.70 bits per heavy atom. The summed E-state index contributed by atoms with van der Waals surface area (Å²) in [6.45, 7) is 2.06. The predicted octanol–water partition coefficient (Wildman–Crippen LogP) is 1.47. The Kier molecular flexibility index (Phi) is 7.88. The van der Waals surface area contributed by atoms with E-state index in [9.17, 15) is 9.59 Å². The summed E-state index contributed by atoms with van der Waals surface area (Å²) in [4.78, 5) is 36.6. The summed E-state index contributed by atoms with van der Waals surface area (Å²) >= 11 is 0. The van der Waals surface area contributed by atoms with Crippen molar-refractivity contribution in [3.05, 3.63) is 59.7 Å². The van der Waals surface area contributed by atoms with Crippen LogP contribution in [0.4, 0.5) is 0 Å². The quantitative estimate of drug-likeness (QED) is 0.677. The third kappa shape index (κ3) is 6.79. The van der Waals surface area contributed by atoms with E-state index in [1.807, 2.05) is 26.2 Å². The van der Waals surface area contributed by atoms with Gasteiger partial charge in [0.05, 0.1) is 11.1 Å².